The molecule has 8 nitrogen and oxygen atoms in total. The van der Waals surface area contributed by atoms with E-state index in [1.54, 1.807) is 6.20 Å². The van der Waals surface area contributed by atoms with Gasteiger partial charge in [-0.15, -0.1) is 0 Å². The van der Waals surface area contributed by atoms with E-state index < -0.39 is 10.0 Å². The molecule has 156 valence electrons. The Morgan fingerprint density at radius 3 is 2.27 bits per heavy atom. The summed E-state index contributed by atoms with van der Waals surface area (Å²) in [6.07, 6.45) is 4.65. The van der Waals surface area contributed by atoms with Crippen LogP contribution in [-0.4, -0.2) is 49.5 Å². The number of halogens is 2. The number of hydrogen-bond donors (Lipinski definition) is 1. The lowest BCUT2D eigenvalue weighted by molar-refractivity contribution is 0.601. The van der Waals surface area contributed by atoms with E-state index in [4.69, 9.17) is 23.2 Å². The molecule has 0 saturated carbocycles. The number of pyridine rings is 1. The molecule has 1 saturated heterocycles. The Morgan fingerprint density at radius 2 is 1.60 bits per heavy atom. The van der Waals surface area contributed by atoms with Crippen LogP contribution in [0.3, 0.4) is 0 Å². The molecule has 0 aliphatic carbocycles. The lowest BCUT2D eigenvalue weighted by atomic mass is 10.3. The molecule has 1 fully saturated rings. The van der Waals surface area contributed by atoms with Crippen molar-refractivity contribution >= 4 is 50.7 Å². The zero-order valence-corrected chi connectivity index (χ0v) is 18.1. The van der Waals surface area contributed by atoms with E-state index in [-0.39, 0.29) is 20.6 Å². The van der Waals surface area contributed by atoms with E-state index in [1.165, 1.54) is 30.6 Å². The minimum atomic E-state index is -3.92. The number of nitrogens with zero attached hydrogens (tertiary/aromatic N) is 5. The maximum Gasteiger partial charge on any atom is 0.263 e. The van der Waals surface area contributed by atoms with Crippen LogP contribution in [0.15, 0.2) is 59.9 Å². The molecule has 30 heavy (non-hydrogen) atoms. The van der Waals surface area contributed by atoms with Crippen LogP contribution in [0.1, 0.15) is 0 Å². The predicted octanol–water partition coefficient (Wildman–Crippen LogP) is 3.31. The lowest BCUT2D eigenvalue weighted by Crippen LogP contribution is -2.47. The average Bonchev–Trinajstić information content (AvgIpc) is 2.76. The highest BCUT2D eigenvalue weighted by Gasteiger charge is 2.21. The first-order valence-electron chi connectivity index (χ1n) is 9.13. The van der Waals surface area contributed by atoms with Gasteiger partial charge in [0.05, 0.1) is 23.1 Å². The van der Waals surface area contributed by atoms with Crippen molar-refractivity contribution in [2.24, 2.45) is 0 Å². The normalized spacial score (nSPS) is 14.6. The minimum Gasteiger partial charge on any atom is -0.353 e. The molecule has 3 heterocycles. The largest absolute Gasteiger partial charge is 0.353 e. The van der Waals surface area contributed by atoms with Crippen molar-refractivity contribution in [2.75, 3.05) is 40.7 Å². The first-order chi connectivity index (χ1) is 14.4. The third-order valence-electron chi connectivity index (χ3n) is 4.61. The van der Waals surface area contributed by atoms with Gasteiger partial charge in [-0.1, -0.05) is 29.3 Å². The number of piperazine rings is 1. The Hall–Kier alpha value is -2.62. The van der Waals surface area contributed by atoms with Gasteiger partial charge in [-0.25, -0.2) is 23.4 Å². The van der Waals surface area contributed by atoms with E-state index in [0.717, 1.165) is 32.0 Å². The lowest BCUT2D eigenvalue weighted by Gasteiger charge is -2.35. The quantitative estimate of drug-likeness (QED) is 0.618. The summed E-state index contributed by atoms with van der Waals surface area (Å²) in [7, 11) is -3.92. The maximum atomic E-state index is 12.6. The summed E-state index contributed by atoms with van der Waals surface area (Å²) in [5.41, 5.74) is 0.238. The SMILES string of the molecule is O=S(=O)(Nc1cnc(N2CCN(c3ccccn3)CC2)nc1)c1cc(Cl)ccc1Cl. The number of aromatic nitrogens is 3. The highest BCUT2D eigenvalue weighted by Crippen LogP contribution is 2.27. The molecule has 0 spiro atoms. The van der Waals surface area contributed by atoms with Gasteiger partial charge in [0, 0.05) is 37.4 Å². The van der Waals surface area contributed by atoms with Gasteiger partial charge in [-0.05, 0) is 30.3 Å². The standard InChI is InChI=1S/C19H18Cl2N6O2S/c20-14-4-5-16(21)17(11-14)30(28,29)25-15-12-23-19(24-13-15)27-9-7-26(8-10-27)18-3-1-2-6-22-18/h1-6,11-13,25H,7-10H2. The van der Waals surface area contributed by atoms with Crippen molar-refractivity contribution in [2.45, 2.75) is 4.90 Å². The summed E-state index contributed by atoms with van der Waals surface area (Å²) in [5.74, 6) is 1.49. The van der Waals surface area contributed by atoms with E-state index in [2.05, 4.69) is 24.6 Å². The van der Waals surface area contributed by atoms with Gasteiger partial charge in [-0.3, -0.25) is 4.72 Å². The molecule has 0 radical (unpaired) electrons. The summed E-state index contributed by atoms with van der Waals surface area (Å²) >= 11 is 11.9. The summed E-state index contributed by atoms with van der Waals surface area (Å²) in [6, 6.07) is 10.1. The summed E-state index contributed by atoms with van der Waals surface area (Å²) < 4.78 is 27.6. The molecule has 0 unspecified atom stereocenters. The molecule has 1 N–H and O–H groups in total. The van der Waals surface area contributed by atoms with Gasteiger partial charge in [0.2, 0.25) is 5.95 Å². The van der Waals surface area contributed by atoms with Crippen LogP contribution in [-0.2, 0) is 10.0 Å². The molecule has 0 amide bonds. The first-order valence-corrected chi connectivity index (χ1v) is 11.4. The second kappa shape index (κ2) is 8.63. The minimum absolute atomic E-state index is 0.0789. The number of hydrogen-bond acceptors (Lipinski definition) is 7. The van der Waals surface area contributed by atoms with E-state index in [1.807, 2.05) is 23.1 Å². The molecule has 1 aliphatic rings. The first kappa shape index (κ1) is 20.6. The molecule has 1 aliphatic heterocycles. The van der Waals surface area contributed by atoms with Crippen LogP contribution in [0.2, 0.25) is 10.0 Å². The maximum absolute atomic E-state index is 12.6. The second-order valence-electron chi connectivity index (χ2n) is 6.61. The fraction of sp³-hybridized carbons (Fsp3) is 0.211. The van der Waals surface area contributed by atoms with Crippen LogP contribution in [0, 0.1) is 0 Å². The third-order valence-corrected chi connectivity index (χ3v) is 6.71. The highest BCUT2D eigenvalue weighted by molar-refractivity contribution is 7.92. The zero-order chi connectivity index (χ0) is 21.1. The topological polar surface area (TPSA) is 91.3 Å². The fourth-order valence-electron chi connectivity index (χ4n) is 3.11. The van der Waals surface area contributed by atoms with E-state index >= 15 is 0 Å². The van der Waals surface area contributed by atoms with Gasteiger partial charge in [0.25, 0.3) is 10.0 Å². The zero-order valence-electron chi connectivity index (χ0n) is 15.7. The van der Waals surface area contributed by atoms with Gasteiger partial charge in [0.1, 0.15) is 10.7 Å². The number of anilines is 3. The van der Waals surface area contributed by atoms with Crippen molar-refractivity contribution in [3.63, 3.8) is 0 Å². The summed E-state index contributed by atoms with van der Waals surface area (Å²) in [6.45, 7) is 3.06. The van der Waals surface area contributed by atoms with Crippen molar-refractivity contribution in [1.29, 1.82) is 0 Å². The van der Waals surface area contributed by atoms with Crippen LogP contribution in [0.5, 0.6) is 0 Å². The number of rotatable bonds is 5. The van der Waals surface area contributed by atoms with E-state index in [0.29, 0.717) is 5.95 Å². The Bertz CT molecular complexity index is 1120. The molecule has 4 rings (SSSR count). The van der Waals surface area contributed by atoms with Gasteiger partial charge >= 0.3 is 0 Å². The van der Waals surface area contributed by atoms with Crippen molar-refractivity contribution in [1.82, 2.24) is 15.0 Å². The number of nitrogens with one attached hydrogen (secondary N) is 1. The molecule has 11 heteroatoms. The van der Waals surface area contributed by atoms with Gasteiger partial charge < -0.3 is 9.80 Å². The molecule has 0 atom stereocenters. The Labute approximate surface area is 184 Å². The molecular formula is C19H18Cl2N6O2S. The number of sulfonamides is 1. The Morgan fingerprint density at radius 1 is 0.900 bits per heavy atom. The monoisotopic (exact) mass is 464 g/mol. The van der Waals surface area contributed by atoms with Crippen molar-refractivity contribution in [3.8, 4) is 0 Å². The number of benzene rings is 1. The summed E-state index contributed by atoms with van der Waals surface area (Å²) in [5, 5.41) is 0.353. The molecule has 3 aromatic rings. The molecule has 0 bridgehead atoms. The van der Waals surface area contributed by atoms with Crippen LogP contribution in [0.25, 0.3) is 0 Å². The van der Waals surface area contributed by atoms with Crippen molar-refractivity contribution in [3.05, 3.63) is 65.0 Å². The van der Waals surface area contributed by atoms with Gasteiger partial charge in [-0.2, -0.15) is 0 Å². The molecular weight excluding hydrogens is 447 g/mol. The second-order valence-corrected chi connectivity index (χ2v) is 9.11. The van der Waals surface area contributed by atoms with Crippen LogP contribution >= 0.6 is 23.2 Å². The average molecular weight is 465 g/mol. The highest BCUT2D eigenvalue weighted by atomic mass is 35.5. The molecule has 1 aromatic carbocycles. The van der Waals surface area contributed by atoms with E-state index in [9.17, 15) is 8.42 Å². The Balaban J connectivity index is 1.42. The predicted molar refractivity (Wildman–Crippen MR) is 118 cm³/mol. The smallest absolute Gasteiger partial charge is 0.263 e. The fourth-order valence-corrected chi connectivity index (χ4v) is 4.90. The van der Waals surface area contributed by atoms with Crippen LogP contribution in [0.4, 0.5) is 17.5 Å². The van der Waals surface area contributed by atoms with Crippen LogP contribution < -0.4 is 14.5 Å². The summed E-state index contributed by atoms with van der Waals surface area (Å²) in [4.78, 5) is 17.1. The van der Waals surface area contributed by atoms with Crippen molar-refractivity contribution < 1.29 is 8.42 Å². The third kappa shape index (κ3) is 4.58. The van der Waals surface area contributed by atoms with Gasteiger partial charge in [0.15, 0.2) is 0 Å². The Kier molecular flexibility index (Phi) is 5.94. The molecule has 2 aromatic heterocycles.